The van der Waals surface area contributed by atoms with E-state index in [4.69, 9.17) is 9.47 Å². The predicted molar refractivity (Wildman–Crippen MR) is 143 cm³/mol. The molecule has 1 saturated heterocycles. The molecule has 1 aliphatic rings. The van der Waals surface area contributed by atoms with E-state index >= 15 is 0 Å². The number of halogens is 1. The van der Waals surface area contributed by atoms with Gasteiger partial charge in [-0.25, -0.2) is 0 Å². The highest BCUT2D eigenvalue weighted by Crippen LogP contribution is 2.43. The summed E-state index contributed by atoms with van der Waals surface area (Å²) in [4.78, 5) is 28.2. The van der Waals surface area contributed by atoms with Gasteiger partial charge in [-0.3, -0.25) is 14.5 Å². The van der Waals surface area contributed by atoms with Crippen molar-refractivity contribution < 1.29 is 24.2 Å². The number of benzene rings is 3. The number of hydrogen-bond acceptors (Lipinski definition) is 5. The number of aryl methyl sites for hydroxylation is 1. The summed E-state index contributed by atoms with van der Waals surface area (Å²) in [5.74, 6) is -0.0526. The molecule has 1 heterocycles. The summed E-state index contributed by atoms with van der Waals surface area (Å²) < 4.78 is 11.7. The lowest BCUT2D eigenvalue weighted by atomic mass is 9.94. The highest BCUT2D eigenvalue weighted by Gasteiger charge is 2.47. The second-order valence-corrected chi connectivity index (χ2v) is 9.99. The van der Waals surface area contributed by atoms with E-state index in [2.05, 4.69) is 29.8 Å². The molecule has 7 heteroatoms. The van der Waals surface area contributed by atoms with Gasteiger partial charge in [0.15, 0.2) is 0 Å². The second-order valence-electron chi connectivity index (χ2n) is 9.13. The average Bonchev–Trinajstić information content (AvgIpc) is 3.13. The summed E-state index contributed by atoms with van der Waals surface area (Å²) in [6, 6.07) is 18.9. The zero-order chi connectivity index (χ0) is 26.0. The number of hydrogen-bond donors (Lipinski definition) is 1. The van der Waals surface area contributed by atoms with Crippen LogP contribution in [0.3, 0.4) is 0 Å². The van der Waals surface area contributed by atoms with Crippen LogP contribution in [0.5, 0.6) is 11.5 Å². The van der Waals surface area contributed by atoms with Crippen molar-refractivity contribution in [3.63, 3.8) is 0 Å². The lowest BCUT2D eigenvalue weighted by Crippen LogP contribution is -2.29. The highest BCUT2D eigenvalue weighted by atomic mass is 79.9. The maximum Gasteiger partial charge on any atom is 0.300 e. The molecule has 0 aromatic heterocycles. The zero-order valence-corrected chi connectivity index (χ0v) is 22.2. The van der Waals surface area contributed by atoms with E-state index in [0.29, 0.717) is 39.7 Å². The number of methoxy groups -OCH3 is 1. The van der Waals surface area contributed by atoms with Crippen LogP contribution < -0.4 is 14.4 Å². The molecule has 1 aliphatic heterocycles. The maximum atomic E-state index is 13.4. The van der Waals surface area contributed by atoms with Crippen LogP contribution in [-0.4, -0.2) is 30.5 Å². The van der Waals surface area contributed by atoms with Crippen LogP contribution in [-0.2, 0) is 9.59 Å². The normalized spacial score (nSPS) is 17.1. The standard InChI is InChI=1S/C29H28BrNO5/c1-17(2)16-36-22-11-9-21(10-12-22)31-26(19-7-5-6-18(3)14-19)25(28(33)29(31)34)27(32)20-8-13-24(35-4)23(30)15-20/h5-15,17,26,32H,16H2,1-4H3/b27-25-. The van der Waals surface area contributed by atoms with Crippen LogP contribution in [0.15, 0.2) is 76.8 Å². The van der Waals surface area contributed by atoms with Crippen molar-refractivity contribution in [2.75, 3.05) is 18.6 Å². The number of rotatable bonds is 7. The van der Waals surface area contributed by atoms with Crippen molar-refractivity contribution >= 4 is 39.1 Å². The summed E-state index contributed by atoms with van der Waals surface area (Å²) >= 11 is 3.42. The minimum Gasteiger partial charge on any atom is -0.507 e. The third-order valence-electron chi connectivity index (χ3n) is 5.93. The first-order chi connectivity index (χ1) is 17.2. The third kappa shape index (κ3) is 5.02. The van der Waals surface area contributed by atoms with Crippen molar-refractivity contribution in [1.82, 2.24) is 0 Å². The SMILES string of the molecule is COc1ccc(/C(O)=C2/C(=O)C(=O)N(c3ccc(OCC(C)C)cc3)C2c2cccc(C)c2)cc1Br. The molecule has 1 amide bonds. The smallest absolute Gasteiger partial charge is 0.300 e. The van der Waals surface area contributed by atoms with Crippen LogP contribution >= 0.6 is 15.9 Å². The molecule has 0 spiro atoms. The van der Waals surface area contributed by atoms with Crippen molar-refractivity contribution in [2.24, 2.45) is 5.92 Å². The largest absolute Gasteiger partial charge is 0.507 e. The predicted octanol–water partition coefficient (Wildman–Crippen LogP) is 6.43. The Labute approximate surface area is 219 Å². The third-order valence-corrected chi connectivity index (χ3v) is 6.55. The topological polar surface area (TPSA) is 76.1 Å². The molecule has 1 unspecified atom stereocenters. The number of aliphatic hydroxyl groups is 1. The number of aliphatic hydroxyl groups excluding tert-OH is 1. The zero-order valence-electron chi connectivity index (χ0n) is 20.6. The fourth-order valence-corrected chi connectivity index (χ4v) is 4.73. The Morgan fingerprint density at radius 1 is 1.06 bits per heavy atom. The van der Waals surface area contributed by atoms with Gasteiger partial charge < -0.3 is 14.6 Å². The summed E-state index contributed by atoms with van der Waals surface area (Å²) in [5.41, 5.74) is 2.67. The molecular weight excluding hydrogens is 522 g/mol. The Morgan fingerprint density at radius 2 is 1.78 bits per heavy atom. The first-order valence-corrected chi connectivity index (χ1v) is 12.4. The number of nitrogens with zero attached hydrogens (tertiary/aromatic N) is 1. The Bertz CT molecular complexity index is 1330. The van der Waals surface area contributed by atoms with Crippen LogP contribution in [0.25, 0.3) is 5.76 Å². The first-order valence-electron chi connectivity index (χ1n) is 11.7. The lowest BCUT2D eigenvalue weighted by Gasteiger charge is -2.26. The summed E-state index contributed by atoms with van der Waals surface area (Å²) in [5, 5.41) is 11.3. The molecule has 4 rings (SSSR count). The minimum absolute atomic E-state index is 0.0304. The maximum absolute atomic E-state index is 13.4. The Kier molecular flexibility index (Phi) is 7.50. The van der Waals surface area contributed by atoms with Gasteiger partial charge in [0, 0.05) is 11.3 Å². The molecule has 3 aromatic rings. The van der Waals surface area contributed by atoms with Crippen LogP contribution in [0.4, 0.5) is 5.69 Å². The van der Waals surface area contributed by atoms with E-state index < -0.39 is 17.7 Å². The van der Waals surface area contributed by atoms with Crippen molar-refractivity contribution in [3.05, 3.63) is 93.5 Å². The van der Waals surface area contributed by atoms with Gasteiger partial charge in [0.1, 0.15) is 17.3 Å². The minimum atomic E-state index is -0.798. The summed E-state index contributed by atoms with van der Waals surface area (Å²) in [6.45, 7) is 6.65. The van der Waals surface area contributed by atoms with Crippen molar-refractivity contribution in [3.8, 4) is 11.5 Å². The van der Waals surface area contributed by atoms with Crippen molar-refractivity contribution in [1.29, 1.82) is 0 Å². The van der Waals surface area contributed by atoms with E-state index in [-0.39, 0.29) is 11.3 Å². The van der Waals surface area contributed by atoms with Gasteiger partial charge in [0.2, 0.25) is 0 Å². The fraction of sp³-hybridized carbons (Fsp3) is 0.241. The molecule has 0 saturated carbocycles. The molecule has 0 bridgehead atoms. The van der Waals surface area contributed by atoms with Gasteiger partial charge in [-0.05, 0) is 76.8 Å². The second kappa shape index (κ2) is 10.6. The fourth-order valence-electron chi connectivity index (χ4n) is 4.19. The number of Topliss-reactive ketones (excluding diaryl/α,β-unsaturated/α-hetero) is 1. The van der Waals surface area contributed by atoms with Gasteiger partial charge in [-0.2, -0.15) is 0 Å². The Balaban J connectivity index is 1.84. The number of carbonyl (C=O) groups is 2. The molecule has 6 nitrogen and oxygen atoms in total. The van der Waals surface area contributed by atoms with E-state index in [9.17, 15) is 14.7 Å². The molecule has 3 aromatic carbocycles. The number of ketones is 1. The summed E-state index contributed by atoms with van der Waals surface area (Å²) in [7, 11) is 1.54. The molecule has 0 radical (unpaired) electrons. The van der Waals surface area contributed by atoms with Crippen LogP contribution in [0.2, 0.25) is 0 Å². The van der Waals surface area contributed by atoms with E-state index in [1.54, 1.807) is 49.6 Å². The average molecular weight is 550 g/mol. The molecule has 0 aliphatic carbocycles. The molecule has 1 N–H and O–H groups in total. The molecule has 36 heavy (non-hydrogen) atoms. The van der Waals surface area contributed by atoms with E-state index in [0.717, 1.165) is 11.1 Å². The molecular formula is C29H28BrNO5. The van der Waals surface area contributed by atoms with Crippen LogP contribution in [0, 0.1) is 12.8 Å². The van der Waals surface area contributed by atoms with Gasteiger partial charge in [-0.15, -0.1) is 0 Å². The molecule has 1 fully saturated rings. The van der Waals surface area contributed by atoms with Crippen molar-refractivity contribution in [2.45, 2.75) is 26.8 Å². The molecule has 186 valence electrons. The quantitative estimate of drug-likeness (QED) is 0.209. The number of carbonyl (C=O) groups excluding carboxylic acids is 2. The lowest BCUT2D eigenvalue weighted by molar-refractivity contribution is -0.132. The highest BCUT2D eigenvalue weighted by molar-refractivity contribution is 9.10. The van der Waals surface area contributed by atoms with Gasteiger partial charge in [-0.1, -0.05) is 43.7 Å². The number of anilines is 1. The van der Waals surface area contributed by atoms with Gasteiger partial charge >= 0.3 is 0 Å². The van der Waals surface area contributed by atoms with E-state index in [1.165, 1.54) is 4.90 Å². The summed E-state index contributed by atoms with van der Waals surface area (Å²) in [6.07, 6.45) is 0. The van der Waals surface area contributed by atoms with E-state index in [1.807, 2.05) is 31.2 Å². The van der Waals surface area contributed by atoms with Crippen LogP contribution in [0.1, 0.15) is 36.6 Å². The number of amides is 1. The monoisotopic (exact) mass is 549 g/mol. The first kappa shape index (κ1) is 25.5. The van der Waals surface area contributed by atoms with Gasteiger partial charge in [0.25, 0.3) is 11.7 Å². The Morgan fingerprint density at radius 3 is 2.39 bits per heavy atom. The van der Waals surface area contributed by atoms with Gasteiger partial charge in [0.05, 0.1) is 29.8 Å². The Hall–Kier alpha value is -3.58. The number of ether oxygens (including phenoxy) is 2. The molecule has 1 atom stereocenters.